The summed E-state index contributed by atoms with van der Waals surface area (Å²) in [6.45, 7) is -7.03. The molecule has 3 aliphatic rings. The van der Waals surface area contributed by atoms with Gasteiger partial charge in [-0.05, 0) is 18.7 Å². The highest BCUT2D eigenvalue weighted by atomic mass is 32.7. The fraction of sp³-hybridized carbons (Fsp3) is 0.545. The number of methoxy groups -OCH3 is 1. The van der Waals surface area contributed by atoms with Crippen molar-refractivity contribution in [2.45, 2.75) is 55.8 Å². The monoisotopic (exact) mass is 703 g/mol. The molecule has 3 saturated heterocycles. The number of fused-ring (bicyclic) bond motifs is 5. The summed E-state index contributed by atoms with van der Waals surface area (Å²) in [4.78, 5) is 35.1. The maximum Gasteiger partial charge on any atom is 0.386 e. The normalized spacial score (nSPS) is 37.7. The van der Waals surface area contributed by atoms with Crippen molar-refractivity contribution in [3.05, 3.63) is 25.3 Å². The molecule has 242 valence electrons. The van der Waals surface area contributed by atoms with Gasteiger partial charge in [0, 0.05) is 13.5 Å². The van der Waals surface area contributed by atoms with Crippen LogP contribution >= 0.6 is 25.8 Å². The van der Waals surface area contributed by atoms with Crippen molar-refractivity contribution in [2.75, 3.05) is 31.8 Å². The van der Waals surface area contributed by atoms with Gasteiger partial charge in [-0.2, -0.15) is 4.98 Å². The summed E-state index contributed by atoms with van der Waals surface area (Å²) in [6, 6.07) is 0. The minimum absolute atomic E-state index is 0.170. The van der Waals surface area contributed by atoms with Crippen molar-refractivity contribution in [1.82, 2.24) is 34.5 Å². The first-order valence-corrected chi connectivity index (χ1v) is 18.8. The molecule has 2 bridgehead atoms. The van der Waals surface area contributed by atoms with Gasteiger partial charge in [0.15, 0.2) is 36.2 Å². The Bertz CT molecular complexity index is 1870. The number of anilines is 2. The molecule has 9 atom stereocenters. The second-order valence-corrected chi connectivity index (χ2v) is 16.5. The molecule has 0 saturated carbocycles. The summed E-state index contributed by atoms with van der Waals surface area (Å²) in [5.74, 6) is 0.397. The summed E-state index contributed by atoms with van der Waals surface area (Å²) >= 11 is 9.71. The molecular weight excluding hydrogens is 674 g/mol. The predicted octanol–water partition coefficient (Wildman–Crippen LogP) is 0.912. The molecule has 0 aromatic carbocycles. The summed E-state index contributed by atoms with van der Waals surface area (Å²) in [5, 5.41) is 0. The van der Waals surface area contributed by atoms with Gasteiger partial charge in [-0.3, -0.25) is 18.6 Å². The van der Waals surface area contributed by atoms with Crippen LogP contribution in [0.3, 0.4) is 0 Å². The van der Waals surface area contributed by atoms with Crippen LogP contribution in [-0.4, -0.2) is 89.7 Å². The van der Waals surface area contributed by atoms with Crippen LogP contribution in [0.4, 0.5) is 11.6 Å². The van der Waals surface area contributed by atoms with E-state index in [9.17, 15) is 9.46 Å². The number of aromatic nitrogens is 8. The van der Waals surface area contributed by atoms with E-state index >= 15 is 0 Å². The zero-order chi connectivity index (χ0) is 31.7. The predicted molar refractivity (Wildman–Crippen MR) is 161 cm³/mol. The second kappa shape index (κ2) is 11.4. The van der Waals surface area contributed by atoms with Gasteiger partial charge in [0.1, 0.15) is 35.8 Å². The highest BCUT2D eigenvalue weighted by molar-refractivity contribution is 8.44. The van der Waals surface area contributed by atoms with Crippen molar-refractivity contribution >= 4 is 71.5 Å². The van der Waals surface area contributed by atoms with Crippen LogP contribution in [0, 0.1) is 0 Å². The summed E-state index contributed by atoms with van der Waals surface area (Å²) in [7, 11) is 1.44. The number of hydrogen-bond acceptors (Lipinski definition) is 16. The minimum atomic E-state index is -4.10. The van der Waals surface area contributed by atoms with E-state index in [0.717, 1.165) is 0 Å². The van der Waals surface area contributed by atoms with Crippen molar-refractivity contribution in [3.63, 3.8) is 0 Å². The van der Waals surface area contributed by atoms with E-state index in [-0.39, 0.29) is 31.3 Å². The van der Waals surface area contributed by atoms with Crippen LogP contribution in [-0.2, 0) is 48.7 Å². The third-order valence-electron chi connectivity index (χ3n) is 7.83. The first-order valence-electron chi connectivity index (χ1n) is 13.5. The fourth-order valence-electron chi connectivity index (χ4n) is 5.74. The van der Waals surface area contributed by atoms with Crippen LogP contribution in [0.15, 0.2) is 25.3 Å². The van der Waals surface area contributed by atoms with Gasteiger partial charge in [0.25, 0.3) is 0 Å². The lowest BCUT2D eigenvalue weighted by molar-refractivity contribution is -0.747. The number of H-pyrrole nitrogens is 1. The number of aromatic amines is 1. The molecule has 23 heteroatoms. The summed E-state index contributed by atoms with van der Waals surface area (Å²) in [6.07, 6.45) is 0.427. The van der Waals surface area contributed by atoms with E-state index in [2.05, 4.69) is 42.2 Å². The van der Waals surface area contributed by atoms with Gasteiger partial charge in [-0.1, -0.05) is 17.2 Å². The molecule has 0 radical (unpaired) electrons. The standard InChI is InChI=1S/C22H28N10O9P2S2/c1-22-5-37-43(34,45)40-11-3-10(38-20(11)31-8-29-12-16(23)25-6-27-18(12)31)4-36-42(33,44)41-15(22)14(35-2)21(39-22)32-9-30-13-17(24)26-7-28-19(13)32/h6-11,14-15,20-21H,3-5H2,1-2H3,(H6,23,24,25,26,27,28,33,34,44,45)/p+1. The number of hydrogen-bond donors (Lipinski definition) is 5. The smallest absolute Gasteiger partial charge is 0.382 e. The molecule has 9 unspecified atom stereocenters. The quantitative estimate of drug-likeness (QED) is 0.113. The van der Waals surface area contributed by atoms with Crippen molar-refractivity contribution in [2.24, 2.45) is 0 Å². The van der Waals surface area contributed by atoms with Crippen LogP contribution < -0.4 is 16.0 Å². The number of ether oxygens (including phenoxy) is 3. The Morgan fingerprint density at radius 2 is 1.98 bits per heavy atom. The Balaban J connectivity index is 1.22. The number of nitrogens with one attached hydrogen (secondary N) is 1. The number of thiol groups is 1. The highest BCUT2D eigenvalue weighted by Gasteiger charge is 2.59. The molecule has 6 N–H and O–H groups in total. The third kappa shape index (κ3) is 5.64. The van der Waals surface area contributed by atoms with E-state index in [1.165, 1.54) is 26.1 Å². The largest absolute Gasteiger partial charge is 0.386 e. The molecule has 4 aromatic rings. The van der Waals surface area contributed by atoms with Crippen LogP contribution in [0.5, 0.6) is 0 Å². The van der Waals surface area contributed by atoms with Gasteiger partial charge in [-0.15, -0.1) is 0 Å². The average molecular weight is 704 g/mol. The van der Waals surface area contributed by atoms with Gasteiger partial charge in [-0.25, -0.2) is 24.1 Å². The van der Waals surface area contributed by atoms with Gasteiger partial charge >= 0.3 is 19.2 Å². The molecule has 0 spiro atoms. The van der Waals surface area contributed by atoms with E-state index in [1.54, 1.807) is 22.4 Å². The Morgan fingerprint density at radius 3 is 2.78 bits per heavy atom. The first kappa shape index (κ1) is 31.2. The second-order valence-electron chi connectivity index (χ2n) is 10.8. The van der Waals surface area contributed by atoms with Gasteiger partial charge in [0.2, 0.25) is 11.7 Å². The van der Waals surface area contributed by atoms with E-state index in [4.69, 9.17) is 55.6 Å². The van der Waals surface area contributed by atoms with Gasteiger partial charge < -0.3 is 39.6 Å². The molecule has 19 nitrogen and oxygen atoms in total. The van der Waals surface area contributed by atoms with Crippen LogP contribution in [0.1, 0.15) is 25.8 Å². The molecular formula is C22H29N10O9P2S2+. The lowest BCUT2D eigenvalue weighted by atomic mass is 9.98. The van der Waals surface area contributed by atoms with Crippen molar-refractivity contribution < 1.29 is 46.3 Å². The Kier molecular flexibility index (Phi) is 7.90. The average Bonchev–Trinajstić information content (AvgIpc) is 3.75. The minimum Gasteiger partial charge on any atom is -0.382 e. The zero-order valence-electron chi connectivity index (χ0n) is 23.6. The fourth-order valence-corrected chi connectivity index (χ4v) is 8.80. The molecule has 0 amide bonds. The molecule has 0 aliphatic carbocycles. The Morgan fingerprint density at radius 1 is 1.20 bits per heavy atom. The van der Waals surface area contributed by atoms with E-state index in [0.29, 0.717) is 22.3 Å². The molecule has 3 aliphatic heterocycles. The number of nitrogens with two attached hydrogens (primary N) is 2. The number of rotatable bonds is 3. The van der Waals surface area contributed by atoms with E-state index < -0.39 is 56.0 Å². The SMILES string of the molecule is COC1C([n+]2c[nH]c3c(N)ncnc32)OC2(C)COP(O)(=S)OC3CC(COP(=O)(S)OC12)OC3n1cnc2c(N)ncnc21. The molecule has 3 fully saturated rings. The summed E-state index contributed by atoms with van der Waals surface area (Å²) in [5.41, 5.74) is 12.1. The molecule has 7 rings (SSSR count). The Labute approximate surface area is 264 Å². The maximum absolute atomic E-state index is 13.7. The lowest BCUT2D eigenvalue weighted by Gasteiger charge is -2.33. The third-order valence-corrected chi connectivity index (χ3v) is 11.0. The molecule has 45 heavy (non-hydrogen) atoms. The molecule has 4 aromatic heterocycles. The van der Waals surface area contributed by atoms with Crippen LogP contribution in [0.25, 0.3) is 22.3 Å². The topological polar surface area (TPSA) is 243 Å². The van der Waals surface area contributed by atoms with Gasteiger partial charge in [0.05, 0.1) is 25.6 Å². The first-order chi connectivity index (χ1) is 21.4. The zero-order valence-corrected chi connectivity index (χ0v) is 27.1. The lowest BCUT2D eigenvalue weighted by Crippen LogP contribution is -2.47. The highest BCUT2D eigenvalue weighted by Crippen LogP contribution is 2.59. The maximum atomic E-state index is 13.7. The van der Waals surface area contributed by atoms with E-state index in [1.807, 2.05) is 0 Å². The summed E-state index contributed by atoms with van der Waals surface area (Å²) < 4.78 is 59.0. The molecule has 7 heterocycles. The number of nitrogen functional groups attached to an aromatic ring is 2. The van der Waals surface area contributed by atoms with Crippen molar-refractivity contribution in [1.29, 1.82) is 0 Å². The number of nitrogens with zero attached hydrogens (tertiary/aromatic N) is 7. The Hall–Kier alpha value is -2.39. The number of imidazole rings is 2. The van der Waals surface area contributed by atoms with Crippen LogP contribution in [0.2, 0.25) is 0 Å². The van der Waals surface area contributed by atoms with Crippen molar-refractivity contribution in [3.8, 4) is 0 Å².